The van der Waals surface area contributed by atoms with Crippen LogP contribution in [0.3, 0.4) is 0 Å². The van der Waals surface area contributed by atoms with E-state index in [-0.39, 0.29) is 23.4 Å². The highest BCUT2D eigenvalue weighted by atomic mass is 79.9. The van der Waals surface area contributed by atoms with E-state index in [1.54, 1.807) is 33.8 Å². The van der Waals surface area contributed by atoms with Gasteiger partial charge in [-0.05, 0) is 62.2 Å². The van der Waals surface area contributed by atoms with E-state index in [0.717, 1.165) is 6.04 Å². The third kappa shape index (κ3) is 6.20. The van der Waals surface area contributed by atoms with Gasteiger partial charge in [-0.2, -0.15) is 4.39 Å². The number of ether oxygens (including phenoxy) is 2. The summed E-state index contributed by atoms with van der Waals surface area (Å²) in [4.78, 5) is 23.2. The van der Waals surface area contributed by atoms with Crippen molar-refractivity contribution in [2.45, 2.75) is 75.7 Å². The number of alkyl halides is 1. The van der Waals surface area contributed by atoms with Gasteiger partial charge >= 0.3 is 6.09 Å². The second kappa shape index (κ2) is 9.78. The average Bonchev–Trinajstić information content (AvgIpc) is 3.44. The molecule has 1 saturated carbocycles. The SMILES string of the molecule is CC(C)(C)OC(=O)N(COCC[Si](C)(C)C)C1=N[C@](C)(c2cc(Br)cnc2F)C2CC2(CF)S1. The molecule has 3 atom stereocenters. The van der Waals surface area contributed by atoms with Gasteiger partial charge in [-0.1, -0.05) is 31.4 Å². The van der Waals surface area contributed by atoms with Crippen molar-refractivity contribution in [2.75, 3.05) is 20.0 Å². The molecule has 0 N–H and O–H groups in total. The summed E-state index contributed by atoms with van der Waals surface area (Å²) in [5, 5.41) is 0.274. The van der Waals surface area contributed by atoms with Crippen LogP contribution in [-0.4, -0.2) is 59.6 Å². The van der Waals surface area contributed by atoms with Crippen molar-refractivity contribution in [1.29, 1.82) is 0 Å². The number of halogens is 3. The Labute approximate surface area is 214 Å². The minimum absolute atomic E-state index is 0.0758. The van der Waals surface area contributed by atoms with Gasteiger partial charge in [-0.25, -0.2) is 19.1 Å². The van der Waals surface area contributed by atoms with Crippen LogP contribution in [0.25, 0.3) is 0 Å². The summed E-state index contributed by atoms with van der Waals surface area (Å²) in [5.74, 6) is -0.881. The van der Waals surface area contributed by atoms with Crippen LogP contribution in [0.5, 0.6) is 0 Å². The number of hydrogen-bond acceptors (Lipinski definition) is 6. The summed E-state index contributed by atoms with van der Waals surface area (Å²) in [6.07, 6.45) is 1.26. The quantitative estimate of drug-likeness (QED) is 0.158. The zero-order chi connectivity index (χ0) is 25.5. The molecule has 2 unspecified atom stereocenters. The first-order chi connectivity index (χ1) is 15.6. The number of amides is 1. The number of carbonyl (C=O) groups excluding carboxylic acids is 1. The minimum Gasteiger partial charge on any atom is -0.443 e. The maximum atomic E-state index is 14.9. The number of aliphatic imine (C=N–C) groups is 1. The highest BCUT2D eigenvalue weighted by Gasteiger charge is 2.67. The topological polar surface area (TPSA) is 64.0 Å². The summed E-state index contributed by atoms with van der Waals surface area (Å²) in [6, 6.07) is 2.56. The number of rotatable bonds is 7. The molecule has 0 bridgehead atoms. The van der Waals surface area contributed by atoms with Crippen LogP contribution < -0.4 is 0 Å². The number of nitrogens with zero attached hydrogens (tertiary/aromatic N) is 3. The Kier molecular flexibility index (Phi) is 7.92. The van der Waals surface area contributed by atoms with Crippen molar-refractivity contribution < 1.29 is 23.0 Å². The molecule has 1 aromatic rings. The highest BCUT2D eigenvalue weighted by Crippen LogP contribution is 2.66. The molecule has 1 amide bonds. The van der Waals surface area contributed by atoms with E-state index in [4.69, 9.17) is 14.5 Å². The molecule has 11 heteroatoms. The summed E-state index contributed by atoms with van der Waals surface area (Å²) in [6.45, 7) is 13.6. The lowest BCUT2D eigenvalue weighted by molar-refractivity contribution is 0.0110. The zero-order valence-electron chi connectivity index (χ0n) is 20.9. The van der Waals surface area contributed by atoms with Gasteiger partial charge in [-0.15, -0.1) is 0 Å². The number of fused-ring (bicyclic) bond motifs is 1. The molecule has 6 nitrogen and oxygen atoms in total. The van der Waals surface area contributed by atoms with Crippen molar-refractivity contribution in [3.63, 3.8) is 0 Å². The lowest BCUT2D eigenvalue weighted by Gasteiger charge is -2.37. The molecule has 1 aliphatic carbocycles. The van der Waals surface area contributed by atoms with Gasteiger partial charge in [0.2, 0.25) is 5.95 Å². The Morgan fingerprint density at radius 1 is 1.38 bits per heavy atom. The van der Waals surface area contributed by atoms with Gasteiger partial charge in [0.05, 0.1) is 10.3 Å². The van der Waals surface area contributed by atoms with Crippen molar-refractivity contribution in [3.8, 4) is 0 Å². The molecule has 3 rings (SSSR count). The van der Waals surface area contributed by atoms with Gasteiger partial charge in [0.15, 0.2) is 5.17 Å². The van der Waals surface area contributed by atoms with E-state index in [2.05, 4.69) is 40.6 Å². The molecule has 1 fully saturated rings. The Bertz CT molecular complexity index is 972. The van der Waals surface area contributed by atoms with Gasteiger partial charge in [0, 0.05) is 36.8 Å². The molecule has 1 aliphatic heterocycles. The second-order valence-corrected chi connectivity index (χ2v) is 19.3. The van der Waals surface area contributed by atoms with Gasteiger partial charge < -0.3 is 9.47 Å². The standard InChI is InChI=1S/C23H34BrF2N3O3SSi/c1-21(2,3)32-20(30)29(14-31-8-9-34(5,6)7)19-28-22(4,17-11-23(17,13-25)33-19)16-10-15(24)12-27-18(16)26/h10,12,17H,8-9,11,13-14H2,1-7H3/t17?,22-,23?/m1/s1. The number of hydrogen-bond donors (Lipinski definition) is 0. The first-order valence-electron chi connectivity index (χ1n) is 11.3. The Balaban J connectivity index is 1.98. The third-order valence-electron chi connectivity index (χ3n) is 5.96. The number of aromatic nitrogens is 1. The fourth-order valence-electron chi connectivity index (χ4n) is 3.94. The fraction of sp³-hybridized carbons (Fsp3) is 0.696. The van der Waals surface area contributed by atoms with E-state index in [1.165, 1.54) is 22.9 Å². The number of carbonyl (C=O) groups is 1. The van der Waals surface area contributed by atoms with Crippen LogP contribution in [0.4, 0.5) is 13.6 Å². The molecule has 2 heterocycles. The van der Waals surface area contributed by atoms with Crippen LogP contribution in [0, 0.1) is 11.9 Å². The molecule has 1 aromatic heterocycles. The Morgan fingerprint density at radius 3 is 2.65 bits per heavy atom. The van der Waals surface area contributed by atoms with Crippen LogP contribution in [-0.2, 0) is 15.0 Å². The Hall–Kier alpha value is -1.04. The first kappa shape index (κ1) is 27.5. The molecule has 0 saturated heterocycles. The molecule has 0 aromatic carbocycles. The summed E-state index contributed by atoms with van der Waals surface area (Å²) in [7, 11) is -1.33. The first-order valence-corrected chi connectivity index (χ1v) is 16.7. The maximum absolute atomic E-state index is 14.9. The summed E-state index contributed by atoms with van der Waals surface area (Å²) in [5.41, 5.74) is -1.56. The fourth-order valence-corrected chi connectivity index (χ4v) is 6.55. The van der Waals surface area contributed by atoms with Crippen LogP contribution in [0.2, 0.25) is 25.7 Å². The predicted molar refractivity (Wildman–Crippen MR) is 138 cm³/mol. The third-order valence-corrected chi connectivity index (χ3v) is 9.56. The maximum Gasteiger partial charge on any atom is 0.418 e. The van der Waals surface area contributed by atoms with Crippen molar-refractivity contribution in [3.05, 3.63) is 28.2 Å². The van der Waals surface area contributed by atoms with E-state index in [0.29, 0.717) is 17.5 Å². The van der Waals surface area contributed by atoms with E-state index in [9.17, 15) is 13.6 Å². The lowest BCUT2D eigenvalue weighted by atomic mass is 9.87. The van der Waals surface area contributed by atoms with Crippen LogP contribution in [0.15, 0.2) is 21.7 Å². The molecule has 0 spiro atoms. The molecule has 0 radical (unpaired) electrons. The predicted octanol–water partition coefficient (Wildman–Crippen LogP) is 6.58. The summed E-state index contributed by atoms with van der Waals surface area (Å²) >= 11 is 4.57. The minimum atomic E-state index is -1.33. The second-order valence-electron chi connectivity index (χ2n) is 11.3. The van der Waals surface area contributed by atoms with Gasteiger partial charge in [-0.3, -0.25) is 4.99 Å². The van der Waals surface area contributed by atoms with E-state index in [1.807, 2.05) is 0 Å². The highest BCUT2D eigenvalue weighted by molar-refractivity contribution is 9.10. The van der Waals surface area contributed by atoms with E-state index >= 15 is 0 Å². The molecule has 190 valence electrons. The molecule has 34 heavy (non-hydrogen) atoms. The monoisotopic (exact) mass is 577 g/mol. The summed E-state index contributed by atoms with van der Waals surface area (Å²) < 4.78 is 40.5. The number of thioether (sulfide) groups is 1. The largest absolute Gasteiger partial charge is 0.443 e. The van der Waals surface area contributed by atoms with Crippen LogP contribution in [0.1, 0.15) is 39.7 Å². The normalized spacial score (nSPS) is 26.5. The van der Waals surface area contributed by atoms with Crippen molar-refractivity contribution in [2.24, 2.45) is 10.9 Å². The molecular formula is C23H34BrF2N3O3SSi. The van der Waals surface area contributed by atoms with Gasteiger partial charge in [0.25, 0.3) is 0 Å². The van der Waals surface area contributed by atoms with Crippen molar-refractivity contribution >= 4 is 47.0 Å². The lowest BCUT2D eigenvalue weighted by Crippen LogP contribution is -2.46. The molecule has 2 aliphatic rings. The van der Waals surface area contributed by atoms with E-state index < -0.39 is 42.7 Å². The van der Waals surface area contributed by atoms with Crippen molar-refractivity contribution in [1.82, 2.24) is 9.88 Å². The zero-order valence-corrected chi connectivity index (χ0v) is 24.3. The Morgan fingerprint density at radius 2 is 2.06 bits per heavy atom. The van der Waals surface area contributed by atoms with Crippen LogP contribution >= 0.6 is 27.7 Å². The number of amidine groups is 1. The smallest absolute Gasteiger partial charge is 0.418 e. The van der Waals surface area contributed by atoms with Gasteiger partial charge in [0.1, 0.15) is 19.0 Å². The molecular weight excluding hydrogens is 544 g/mol. The number of pyridine rings is 1. The average molecular weight is 579 g/mol.